The molecule has 0 amide bonds. The van der Waals surface area contributed by atoms with Crippen LogP contribution in [0.2, 0.25) is 0 Å². The summed E-state index contributed by atoms with van der Waals surface area (Å²) < 4.78 is 24.4. The van der Waals surface area contributed by atoms with E-state index in [2.05, 4.69) is 41.9 Å². The second-order valence-corrected chi connectivity index (χ2v) is 16.3. The van der Waals surface area contributed by atoms with Crippen LogP contribution >= 0.6 is 0 Å². The molecule has 0 aromatic rings. The molecule has 4 aliphatic carbocycles. The van der Waals surface area contributed by atoms with Crippen LogP contribution < -0.4 is 17.2 Å². The van der Waals surface area contributed by atoms with E-state index in [1.165, 1.54) is 0 Å². The van der Waals surface area contributed by atoms with Gasteiger partial charge in [-0.3, -0.25) is 19.2 Å². The van der Waals surface area contributed by atoms with Crippen molar-refractivity contribution in [2.24, 2.45) is 63.5 Å². The molecule has 0 aromatic heterocycles. The summed E-state index contributed by atoms with van der Waals surface area (Å²) in [5.74, 6) is -0.649. The van der Waals surface area contributed by atoms with E-state index in [0.29, 0.717) is 38.7 Å². The highest BCUT2D eigenvalue weighted by Crippen LogP contribution is 2.69. The Morgan fingerprint density at radius 2 is 1.45 bits per heavy atom. The molecule has 0 spiro atoms. The van der Waals surface area contributed by atoms with E-state index in [1.807, 2.05) is 0 Å². The highest BCUT2D eigenvalue weighted by molar-refractivity contribution is 5.72. The first-order chi connectivity index (χ1) is 22.1. The molecule has 0 saturated heterocycles. The van der Waals surface area contributed by atoms with Crippen molar-refractivity contribution in [2.45, 2.75) is 96.9 Å². The first kappa shape index (κ1) is 37.5. The lowest BCUT2D eigenvalue weighted by molar-refractivity contribution is -0.870. The molecule has 11 atom stereocenters. The third kappa shape index (κ3) is 8.13. The van der Waals surface area contributed by atoms with Gasteiger partial charge in [0.1, 0.15) is 31.5 Å². The highest BCUT2D eigenvalue weighted by atomic mass is 16.6. The predicted octanol–water partition coefficient (Wildman–Crippen LogP) is 2.14. The van der Waals surface area contributed by atoms with Crippen molar-refractivity contribution in [2.75, 3.05) is 53.9 Å². The molecule has 4 saturated carbocycles. The summed E-state index contributed by atoms with van der Waals surface area (Å²) in [4.78, 5) is 50.4. The molecule has 3 unspecified atom stereocenters. The van der Waals surface area contributed by atoms with Crippen molar-refractivity contribution in [3.8, 4) is 0 Å². The molecular formula is C35H61N4O8+. The molecule has 12 nitrogen and oxygen atoms in total. The number of nitrogens with zero attached hydrogens (tertiary/aromatic N) is 1. The maximum Gasteiger partial charge on any atom is 0.319 e. The third-order valence-corrected chi connectivity index (χ3v) is 12.6. The molecule has 12 heteroatoms. The molecule has 4 rings (SSSR count). The summed E-state index contributed by atoms with van der Waals surface area (Å²) in [6.45, 7) is 7.33. The molecule has 0 radical (unpaired) electrons. The normalized spacial score (nSPS) is 37.0. The number of quaternary nitrogens is 1. The number of esters is 4. The molecular weight excluding hydrogens is 604 g/mol. The minimum absolute atomic E-state index is 0.0606. The number of ether oxygens (including phenoxy) is 4. The van der Waals surface area contributed by atoms with Gasteiger partial charge in [0.2, 0.25) is 0 Å². The van der Waals surface area contributed by atoms with Crippen molar-refractivity contribution in [3.63, 3.8) is 0 Å². The quantitative estimate of drug-likeness (QED) is 0.149. The van der Waals surface area contributed by atoms with Gasteiger partial charge in [-0.1, -0.05) is 20.8 Å². The van der Waals surface area contributed by atoms with Crippen LogP contribution in [0.4, 0.5) is 0 Å². The van der Waals surface area contributed by atoms with E-state index in [0.717, 1.165) is 36.7 Å². The van der Waals surface area contributed by atoms with Crippen LogP contribution in [-0.2, 0) is 38.1 Å². The smallest absolute Gasteiger partial charge is 0.319 e. The largest absolute Gasteiger partial charge is 0.461 e. The van der Waals surface area contributed by atoms with Gasteiger partial charge in [-0.2, -0.15) is 0 Å². The Morgan fingerprint density at radius 3 is 2.09 bits per heavy atom. The Morgan fingerprint density at radius 1 is 0.809 bits per heavy atom. The van der Waals surface area contributed by atoms with Gasteiger partial charge < -0.3 is 40.6 Å². The fourth-order valence-corrected chi connectivity index (χ4v) is 10.2. The van der Waals surface area contributed by atoms with E-state index in [4.69, 9.17) is 36.1 Å². The highest BCUT2D eigenvalue weighted by Gasteiger charge is 2.67. The zero-order valence-corrected chi connectivity index (χ0v) is 29.5. The maximum absolute atomic E-state index is 12.9. The fraction of sp³-hybridized carbons (Fsp3) is 0.886. The van der Waals surface area contributed by atoms with Crippen LogP contribution in [0, 0.1) is 46.3 Å². The molecule has 268 valence electrons. The van der Waals surface area contributed by atoms with Gasteiger partial charge in [0, 0.05) is 17.8 Å². The Balaban J connectivity index is 1.61. The minimum Gasteiger partial charge on any atom is -0.461 e. The van der Waals surface area contributed by atoms with Crippen molar-refractivity contribution in [1.82, 2.24) is 0 Å². The lowest BCUT2D eigenvalue weighted by Gasteiger charge is -2.64. The summed E-state index contributed by atoms with van der Waals surface area (Å²) in [7, 11) is 6.19. The average Bonchev–Trinajstić information content (AvgIpc) is 3.38. The van der Waals surface area contributed by atoms with Gasteiger partial charge >= 0.3 is 23.9 Å². The van der Waals surface area contributed by atoms with Crippen LogP contribution in [0.3, 0.4) is 0 Å². The Labute approximate surface area is 280 Å². The summed E-state index contributed by atoms with van der Waals surface area (Å²) in [5, 5.41) is 0. The second-order valence-electron chi connectivity index (χ2n) is 16.3. The first-order valence-corrected chi connectivity index (χ1v) is 17.7. The van der Waals surface area contributed by atoms with Crippen molar-refractivity contribution >= 4 is 23.9 Å². The number of hydrogen-bond donors (Lipinski definition) is 3. The standard InChI is InChI=1S/C35H61N4O8/c1-21(7-10-29(40)44-14-13-39(4,5)6)24-8-9-25-33-26(17-28(35(24,25)3)47-32(43)20-38)34(2)12-11-23(45-30(41)18-36)15-22(34)16-27(33)46-31(42)19-37/h21-28,33H,7-20,36-38H2,1-6H3/q+1/t21-,22?,23?,24-,25+,26+,27-,28+,33?,34+,35-/m1/s1. The van der Waals surface area contributed by atoms with Gasteiger partial charge in [0.05, 0.1) is 40.8 Å². The van der Waals surface area contributed by atoms with Crippen molar-refractivity contribution < 1.29 is 42.6 Å². The molecule has 6 N–H and O–H groups in total. The minimum atomic E-state index is -0.427. The molecule has 47 heavy (non-hydrogen) atoms. The van der Waals surface area contributed by atoms with Crippen LogP contribution in [-0.4, -0.2) is 101 Å². The lowest BCUT2D eigenvalue weighted by atomic mass is 9.43. The van der Waals surface area contributed by atoms with Crippen LogP contribution in [0.15, 0.2) is 0 Å². The van der Waals surface area contributed by atoms with E-state index in [9.17, 15) is 19.2 Å². The number of likely N-dealkylation sites (N-methyl/N-ethyl adjacent to an activating group) is 1. The molecule has 4 aliphatic rings. The Kier molecular flexibility index (Phi) is 12.1. The van der Waals surface area contributed by atoms with E-state index >= 15 is 0 Å². The molecule has 4 fully saturated rings. The number of rotatable bonds is 13. The zero-order chi connectivity index (χ0) is 34.7. The number of carbonyl (C=O) groups excluding carboxylic acids is 4. The van der Waals surface area contributed by atoms with Crippen molar-refractivity contribution in [1.29, 1.82) is 0 Å². The number of nitrogens with two attached hydrogens (primary N) is 3. The third-order valence-electron chi connectivity index (χ3n) is 12.6. The zero-order valence-electron chi connectivity index (χ0n) is 29.5. The summed E-state index contributed by atoms with van der Waals surface area (Å²) >= 11 is 0. The van der Waals surface area contributed by atoms with Gasteiger partial charge in [0.15, 0.2) is 0 Å². The average molecular weight is 666 g/mol. The van der Waals surface area contributed by atoms with Gasteiger partial charge in [-0.05, 0) is 86.4 Å². The maximum atomic E-state index is 12.9. The van der Waals surface area contributed by atoms with Crippen LogP contribution in [0.5, 0.6) is 0 Å². The summed E-state index contributed by atoms with van der Waals surface area (Å²) in [6.07, 6.45) is 5.44. The summed E-state index contributed by atoms with van der Waals surface area (Å²) in [6, 6.07) is 0. The van der Waals surface area contributed by atoms with Crippen LogP contribution in [0.1, 0.15) is 78.6 Å². The predicted molar refractivity (Wildman–Crippen MR) is 175 cm³/mol. The van der Waals surface area contributed by atoms with Crippen LogP contribution in [0.25, 0.3) is 0 Å². The fourth-order valence-electron chi connectivity index (χ4n) is 10.2. The lowest BCUT2D eigenvalue weighted by Crippen LogP contribution is -2.63. The van der Waals surface area contributed by atoms with Gasteiger partial charge in [-0.15, -0.1) is 0 Å². The number of fused-ring (bicyclic) bond motifs is 5. The molecule has 0 aromatic carbocycles. The second kappa shape index (κ2) is 15.1. The number of carbonyl (C=O) groups is 4. The van der Waals surface area contributed by atoms with E-state index in [-0.39, 0.29) is 84.8 Å². The molecule has 0 heterocycles. The van der Waals surface area contributed by atoms with Crippen molar-refractivity contribution in [3.05, 3.63) is 0 Å². The van der Waals surface area contributed by atoms with Gasteiger partial charge in [-0.25, -0.2) is 0 Å². The topological polar surface area (TPSA) is 183 Å². The molecule has 0 aliphatic heterocycles. The Bertz CT molecular complexity index is 1150. The Hall–Kier alpha value is -2.28. The number of hydrogen-bond acceptors (Lipinski definition) is 11. The monoisotopic (exact) mass is 665 g/mol. The van der Waals surface area contributed by atoms with E-state index < -0.39 is 23.3 Å². The first-order valence-electron chi connectivity index (χ1n) is 17.7. The summed E-state index contributed by atoms with van der Waals surface area (Å²) in [5.41, 5.74) is 16.5. The SMILES string of the molecule is C[C@H](CCC(=O)OCC[N+](C)(C)C)[C@H]1CC[C@H]2C3[C@H](OC(=O)CN)CC4CC(OC(=O)CN)CC[C@]4(C)[C@H]3C[C@H](OC(=O)CN)[C@]12C. The molecule has 0 bridgehead atoms. The van der Waals surface area contributed by atoms with Gasteiger partial charge in [0.25, 0.3) is 0 Å². The van der Waals surface area contributed by atoms with E-state index in [1.54, 1.807) is 0 Å².